The highest BCUT2D eigenvalue weighted by atomic mass is 16.5. The van der Waals surface area contributed by atoms with Gasteiger partial charge in [0, 0.05) is 23.4 Å². The first-order chi connectivity index (χ1) is 14.0. The van der Waals surface area contributed by atoms with Crippen molar-refractivity contribution in [3.8, 4) is 17.2 Å². The second kappa shape index (κ2) is 10.8. The SMILES string of the molecule is CCc1cccc(NC(=O)COC(=O)/C=C/c2cc(OC)c(OC)cc2OC)c1. The summed E-state index contributed by atoms with van der Waals surface area (Å²) in [5.74, 6) is 0.436. The number of nitrogens with one attached hydrogen (secondary N) is 1. The summed E-state index contributed by atoms with van der Waals surface area (Å²) in [6.45, 7) is 1.64. The molecule has 0 radical (unpaired) electrons. The summed E-state index contributed by atoms with van der Waals surface area (Å²) in [6, 6.07) is 10.8. The van der Waals surface area contributed by atoms with Crippen molar-refractivity contribution in [3.05, 3.63) is 53.6 Å². The molecular formula is C22H25NO6. The molecular weight excluding hydrogens is 374 g/mol. The van der Waals surface area contributed by atoms with Gasteiger partial charge < -0.3 is 24.3 Å². The number of ether oxygens (including phenoxy) is 4. The van der Waals surface area contributed by atoms with Crippen molar-refractivity contribution in [2.45, 2.75) is 13.3 Å². The Bertz CT molecular complexity index is 891. The molecule has 2 rings (SSSR count). The van der Waals surface area contributed by atoms with E-state index in [2.05, 4.69) is 5.32 Å². The Morgan fingerprint density at radius 3 is 2.31 bits per heavy atom. The molecule has 154 valence electrons. The average Bonchev–Trinajstić information content (AvgIpc) is 2.75. The lowest BCUT2D eigenvalue weighted by Crippen LogP contribution is -2.20. The van der Waals surface area contributed by atoms with E-state index in [-0.39, 0.29) is 6.61 Å². The van der Waals surface area contributed by atoms with E-state index in [0.29, 0.717) is 28.5 Å². The van der Waals surface area contributed by atoms with Crippen molar-refractivity contribution < 1.29 is 28.5 Å². The molecule has 29 heavy (non-hydrogen) atoms. The summed E-state index contributed by atoms with van der Waals surface area (Å²) in [7, 11) is 4.55. The van der Waals surface area contributed by atoms with Crippen molar-refractivity contribution in [2.75, 3.05) is 33.3 Å². The fourth-order valence-corrected chi connectivity index (χ4v) is 2.59. The first kappa shape index (κ1) is 21.8. The Labute approximate surface area is 170 Å². The van der Waals surface area contributed by atoms with Crippen LogP contribution in [0, 0.1) is 0 Å². The van der Waals surface area contributed by atoms with Gasteiger partial charge in [-0.3, -0.25) is 4.79 Å². The molecule has 0 aromatic heterocycles. The number of amides is 1. The molecule has 0 aliphatic heterocycles. The molecule has 0 saturated carbocycles. The molecule has 0 aliphatic carbocycles. The van der Waals surface area contributed by atoms with E-state index < -0.39 is 11.9 Å². The van der Waals surface area contributed by atoms with E-state index in [9.17, 15) is 9.59 Å². The summed E-state index contributed by atoms with van der Waals surface area (Å²) >= 11 is 0. The zero-order valence-corrected chi connectivity index (χ0v) is 17.0. The number of carbonyl (C=O) groups is 2. The number of methoxy groups -OCH3 is 3. The minimum Gasteiger partial charge on any atom is -0.496 e. The van der Waals surface area contributed by atoms with Gasteiger partial charge in [0.15, 0.2) is 18.1 Å². The standard InChI is InChI=1S/C22H25NO6/c1-5-15-7-6-8-17(11-15)23-21(24)14-29-22(25)10-9-16-12-19(27-3)20(28-4)13-18(16)26-2/h6-13H,5,14H2,1-4H3,(H,23,24)/b10-9+. The van der Waals surface area contributed by atoms with Crippen LogP contribution in [0.2, 0.25) is 0 Å². The molecule has 2 aromatic rings. The largest absolute Gasteiger partial charge is 0.496 e. The number of esters is 1. The van der Waals surface area contributed by atoms with Gasteiger partial charge >= 0.3 is 5.97 Å². The van der Waals surface area contributed by atoms with E-state index in [1.54, 1.807) is 18.2 Å². The lowest BCUT2D eigenvalue weighted by atomic mass is 10.1. The highest BCUT2D eigenvalue weighted by molar-refractivity contribution is 5.94. The molecule has 7 nitrogen and oxygen atoms in total. The minimum absolute atomic E-state index is 0.386. The summed E-state index contributed by atoms with van der Waals surface area (Å²) in [5, 5.41) is 2.70. The van der Waals surface area contributed by atoms with Gasteiger partial charge in [-0.15, -0.1) is 0 Å². The van der Waals surface area contributed by atoms with Crippen molar-refractivity contribution in [2.24, 2.45) is 0 Å². The smallest absolute Gasteiger partial charge is 0.331 e. The van der Waals surface area contributed by atoms with Crippen LogP contribution in [-0.2, 0) is 20.7 Å². The Balaban J connectivity index is 1.96. The van der Waals surface area contributed by atoms with Crippen LogP contribution < -0.4 is 19.5 Å². The van der Waals surface area contributed by atoms with Crippen LogP contribution in [-0.4, -0.2) is 39.8 Å². The minimum atomic E-state index is -0.653. The third-order valence-corrected chi connectivity index (χ3v) is 4.10. The van der Waals surface area contributed by atoms with E-state index >= 15 is 0 Å². The van der Waals surface area contributed by atoms with Gasteiger partial charge in [-0.2, -0.15) is 0 Å². The number of carbonyl (C=O) groups excluding carboxylic acids is 2. The normalized spacial score (nSPS) is 10.5. The van der Waals surface area contributed by atoms with E-state index in [1.807, 2.05) is 25.1 Å². The maximum Gasteiger partial charge on any atom is 0.331 e. The maximum atomic E-state index is 12.0. The number of hydrogen-bond donors (Lipinski definition) is 1. The first-order valence-electron chi connectivity index (χ1n) is 9.04. The molecule has 0 unspecified atom stereocenters. The Hall–Kier alpha value is -3.48. The summed E-state index contributed by atoms with van der Waals surface area (Å²) < 4.78 is 20.8. The molecule has 7 heteroatoms. The van der Waals surface area contributed by atoms with Crippen LogP contribution in [0.3, 0.4) is 0 Å². The highest BCUT2D eigenvalue weighted by Gasteiger charge is 2.11. The number of aryl methyl sites for hydroxylation is 1. The highest BCUT2D eigenvalue weighted by Crippen LogP contribution is 2.35. The van der Waals surface area contributed by atoms with Gasteiger partial charge in [0.05, 0.1) is 21.3 Å². The van der Waals surface area contributed by atoms with Crippen LogP contribution in [0.15, 0.2) is 42.5 Å². The van der Waals surface area contributed by atoms with Crippen LogP contribution in [0.5, 0.6) is 17.2 Å². The van der Waals surface area contributed by atoms with Crippen LogP contribution >= 0.6 is 0 Å². The van der Waals surface area contributed by atoms with Gasteiger partial charge in [0.2, 0.25) is 0 Å². The van der Waals surface area contributed by atoms with Crippen LogP contribution in [0.4, 0.5) is 5.69 Å². The summed E-state index contributed by atoms with van der Waals surface area (Å²) in [6.07, 6.45) is 3.60. The summed E-state index contributed by atoms with van der Waals surface area (Å²) in [4.78, 5) is 23.9. The fourth-order valence-electron chi connectivity index (χ4n) is 2.59. The zero-order chi connectivity index (χ0) is 21.2. The topological polar surface area (TPSA) is 83.1 Å². The zero-order valence-electron chi connectivity index (χ0n) is 17.0. The van der Waals surface area contributed by atoms with Crippen molar-refractivity contribution in [3.63, 3.8) is 0 Å². The van der Waals surface area contributed by atoms with Gasteiger partial charge in [-0.1, -0.05) is 19.1 Å². The molecule has 0 heterocycles. The molecule has 0 spiro atoms. The number of hydrogen-bond acceptors (Lipinski definition) is 6. The second-order valence-corrected chi connectivity index (χ2v) is 5.99. The van der Waals surface area contributed by atoms with Gasteiger partial charge in [0.1, 0.15) is 5.75 Å². The molecule has 0 atom stereocenters. The van der Waals surface area contributed by atoms with Gasteiger partial charge in [-0.25, -0.2) is 4.79 Å². The van der Waals surface area contributed by atoms with E-state index in [0.717, 1.165) is 12.0 Å². The predicted octanol–water partition coefficient (Wildman–Crippen LogP) is 3.47. The Morgan fingerprint density at radius 1 is 0.966 bits per heavy atom. The molecule has 1 N–H and O–H groups in total. The monoisotopic (exact) mass is 399 g/mol. The molecule has 2 aromatic carbocycles. The predicted molar refractivity (Wildman–Crippen MR) is 111 cm³/mol. The van der Waals surface area contributed by atoms with Gasteiger partial charge in [-0.05, 0) is 36.3 Å². The quantitative estimate of drug-likeness (QED) is 0.514. The lowest BCUT2D eigenvalue weighted by molar-refractivity contribution is -0.142. The Morgan fingerprint density at radius 2 is 1.66 bits per heavy atom. The third-order valence-electron chi connectivity index (χ3n) is 4.10. The van der Waals surface area contributed by atoms with E-state index in [4.69, 9.17) is 18.9 Å². The van der Waals surface area contributed by atoms with Crippen molar-refractivity contribution >= 4 is 23.6 Å². The Kier molecular flexibility index (Phi) is 8.09. The second-order valence-electron chi connectivity index (χ2n) is 5.99. The van der Waals surface area contributed by atoms with Crippen molar-refractivity contribution in [1.29, 1.82) is 0 Å². The van der Waals surface area contributed by atoms with Crippen LogP contribution in [0.1, 0.15) is 18.1 Å². The van der Waals surface area contributed by atoms with Gasteiger partial charge in [0.25, 0.3) is 5.91 Å². The number of rotatable bonds is 9. The van der Waals surface area contributed by atoms with E-state index in [1.165, 1.54) is 33.5 Å². The lowest BCUT2D eigenvalue weighted by Gasteiger charge is -2.12. The number of benzene rings is 2. The molecule has 0 bridgehead atoms. The third kappa shape index (κ3) is 6.27. The first-order valence-corrected chi connectivity index (χ1v) is 9.04. The average molecular weight is 399 g/mol. The maximum absolute atomic E-state index is 12.0. The molecule has 0 saturated heterocycles. The van der Waals surface area contributed by atoms with Crippen LogP contribution in [0.25, 0.3) is 6.08 Å². The molecule has 1 amide bonds. The van der Waals surface area contributed by atoms with Crippen molar-refractivity contribution in [1.82, 2.24) is 0 Å². The number of anilines is 1. The molecule has 0 aliphatic rings. The fraction of sp³-hybridized carbons (Fsp3) is 0.273. The molecule has 0 fully saturated rings. The summed E-state index contributed by atoms with van der Waals surface area (Å²) in [5.41, 5.74) is 2.37.